The summed E-state index contributed by atoms with van der Waals surface area (Å²) in [5.41, 5.74) is 0. The Kier molecular flexibility index (Phi) is 3.57. The predicted octanol–water partition coefficient (Wildman–Crippen LogP) is 3.09. The summed E-state index contributed by atoms with van der Waals surface area (Å²) in [7, 11) is 0. The summed E-state index contributed by atoms with van der Waals surface area (Å²) in [6.45, 7) is 4.40. The van der Waals surface area contributed by atoms with Crippen LogP contribution in [0.15, 0.2) is 0 Å². The third-order valence-corrected chi connectivity index (χ3v) is 4.21. The summed E-state index contributed by atoms with van der Waals surface area (Å²) in [4.78, 5) is 0. The minimum absolute atomic E-state index is 0.632. The van der Waals surface area contributed by atoms with Gasteiger partial charge in [-0.15, -0.1) is 10.2 Å². The fourth-order valence-electron chi connectivity index (χ4n) is 2.21. The summed E-state index contributed by atoms with van der Waals surface area (Å²) >= 11 is 1.70. The molecule has 2 atom stereocenters. The highest BCUT2D eigenvalue weighted by Crippen LogP contribution is 2.30. The van der Waals surface area contributed by atoms with Gasteiger partial charge in [0, 0.05) is 6.04 Å². The van der Waals surface area contributed by atoms with Crippen LogP contribution >= 0.6 is 11.3 Å². The quantitative estimate of drug-likeness (QED) is 0.855. The van der Waals surface area contributed by atoms with Crippen molar-refractivity contribution in [3.8, 4) is 0 Å². The Morgan fingerprint density at radius 3 is 2.80 bits per heavy atom. The van der Waals surface area contributed by atoms with Crippen LogP contribution in [0.2, 0.25) is 0 Å². The van der Waals surface area contributed by atoms with Crippen LogP contribution in [-0.4, -0.2) is 16.2 Å². The summed E-state index contributed by atoms with van der Waals surface area (Å²) < 4.78 is 0. The Labute approximate surface area is 95.3 Å². The van der Waals surface area contributed by atoms with Gasteiger partial charge in [0.15, 0.2) is 0 Å². The molecule has 0 saturated heterocycles. The van der Waals surface area contributed by atoms with Crippen LogP contribution in [0.25, 0.3) is 0 Å². The van der Waals surface area contributed by atoms with Crippen LogP contribution in [0.1, 0.15) is 44.5 Å². The molecule has 0 amide bonds. The molecule has 1 fully saturated rings. The molecular weight excluding hydrogens is 206 g/mol. The molecule has 1 aliphatic rings. The van der Waals surface area contributed by atoms with Gasteiger partial charge in [-0.25, -0.2) is 0 Å². The van der Waals surface area contributed by atoms with E-state index in [-0.39, 0.29) is 0 Å². The van der Waals surface area contributed by atoms with Gasteiger partial charge in [0.25, 0.3) is 0 Å². The molecule has 2 unspecified atom stereocenters. The fraction of sp³-hybridized carbons (Fsp3) is 0.818. The zero-order chi connectivity index (χ0) is 10.7. The molecule has 0 spiro atoms. The van der Waals surface area contributed by atoms with Gasteiger partial charge in [-0.1, -0.05) is 31.6 Å². The van der Waals surface area contributed by atoms with E-state index < -0.39 is 0 Å². The molecule has 4 heteroatoms. The van der Waals surface area contributed by atoms with Gasteiger partial charge in [-0.05, 0) is 31.6 Å². The van der Waals surface area contributed by atoms with Gasteiger partial charge in [-0.3, -0.25) is 0 Å². The van der Waals surface area contributed by atoms with Gasteiger partial charge in [0.1, 0.15) is 5.01 Å². The van der Waals surface area contributed by atoms with Crippen molar-refractivity contribution in [1.82, 2.24) is 10.2 Å². The highest BCUT2D eigenvalue weighted by Gasteiger charge is 2.23. The Balaban J connectivity index is 1.87. The number of anilines is 1. The Morgan fingerprint density at radius 2 is 2.20 bits per heavy atom. The van der Waals surface area contributed by atoms with E-state index in [9.17, 15) is 0 Å². The largest absolute Gasteiger partial charge is 0.357 e. The smallest absolute Gasteiger partial charge is 0.205 e. The maximum Gasteiger partial charge on any atom is 0.205 e. The lowest BCUT2D eigenvalue weighted by Crippen LogP contribution is -2.15. The highest BCUT2D eigenvalue weighted by molar-refractivity contribution is 7.15. The minimum atomic E-state index is 0.632. The van der Waals surface area contributed by atoms with E-state index in [4.69, 9.17) is 0 Å². The standard InChI is InChI=1S/C11H19N3S/c1-3-8-5-6-9(7-8)12-11-14-13-10(4-2)15-11/h8-9H,3-7H2,1-2H3,(H,12,14). The number of hydrogen-bond acceptors (Lipinski definition) is 4. The zero-order valence-corrected chi connectivity index (χ0v) is 10.3. The van der Waals surface area contributed by atoms with E-state index >= 15 is 0 Å². The molecule has 84 valence electrons. The molecule has 15 heavy (non-hydrogen) atoms. The molecule has 1 heterocycles. The molecule has 0 aliphatic heterocycles. The van der Waals surface area contributed by atoms with E-state index in [1.165, 1.54) is 25.7 Å². The van der Waals surface area contributed by atoms with Gasteiger partial charge in [0.05, 0.1) is 0 Å². The Hall–Kier alpha value is -0.640. The maximum atomic E-state index is 4.16. The van der Waals surface area contributed by atoms with Crippen molar-refractivity contribution >= 4 is 16.5 Å². The van der Waals surface area contributed by atoms with Crippen LogP contribution in [0.3, 0.4) is 0 Å². The molecule has 0 aromatic carbocycles. The highest BCUT2D eigenvalue weighted by atomic mass is 32.1. The second kappa shape index (κ2) is 4.92. The number of hydrogen-bond donors (Lipinski definition) is 1. The van der Waals surface area contributed by atoms with Crippen molar-refractivity contribution < 1.29 is 0 Å². The van der Waals surface area contributed by atoms with Gasteiger partial charge < -0.3 is 5.32 Å². The van der Waals surface area contributed by atoms with Crippen molar-refractivity contribution in [2.75, 3.05) is 5.32 Å². The second-order valence-electron chi connectivity index (χ2n) is 4.28. The van der Waals surface area contributed by atoms with Crippen LogP contribution in [-0.2, 0) is 6.42 Å². The Bertz CT molecular complexity index is 311. The summed E-state index contributed by atoms with van der Waals surface area (Å²) in [5.74, 6) is 0.918. The third kappa shape index (κ3) is 2.68. The first-order chi connectivity index (χ1) is 7.31. The van der Waals surface area contributed by atoms with Crippen molar-refractivity contribution in [3.05, 3.63) is 5.01 Å². The number of nitrogens with one attached hydrogen (secondary N) is 1. The van der Waals surface area contributed by atoms with Crippen molar-refractivity contribution in [2.24, 2.45) is 5.92 Å². The normalized spacial score (nSPS) is 25.7. The molecule has 1 aromatic rings. The van der Waals surface area contributed by atoms with Crippen LogP contribution in [0, 0.1) is 5.92 Å². The number of aromatic nitrogens is 2. The zero-order valence-electron chi connectivity index (χ0n) is 9.49. The third-order valence-electron chi connectivity index (χ3n) is 3.22. The molecule has 1 saturated carbocycles. The monoisotopic (exact) mass is 225 g/mol. The average molecular weight is 225 g/mol. The number of aryl methyl sites for hydroxylation is 1. The second-order valence-corrected chi connectivity index (χ2v) is 5.35. The SMILES string of the molecule is CCc1nnc(NC2CCC(CC)C2)s1. The predicted molar refractivity (Wildman–Crippen MR) is 64.3 cm³/mol. The van der Waals surface area contributed by atoms with Gasteiger partial charge in [0.2, 0.25) is 5.13 Å². The van der Waals surface area contributed by atoms with Crippen molar-refractivity contribution in [3.63, 3.8) is 0 Å². The molecule has 0 radical (unpaired) electrons. The van der Waals surface area contributed by atoms with E-state index in [1.807, 2.05) is 0 Å². The summed E-state index contributed by atoms with van der Waals surface area (Å²) in [5, 5.41) is 13.9. The molecule has 1 aliphatic carbocycles. The van der Waals surface area contributed by atoms with E-state index in [0.29, 0.717) is 6.04 Å². The first-order valence-electron chi connectivity index (χ1n) is 5.90. The minimum Gasteiger partial charge on any atom is -0.357 e. The number of nitrogens with zero attached hydrogens (tertiary/aromatic N) is 2. The molecular formula is C11H19N3S. The van der Waals surface area contributed by atoms with Crippen LogP contribution in [0.4, 0.5) is 5.13 Å². The molecule has 0 bridgehead atoms. The van der Waals surface area contributed by atoms with Gasteiger partial charge >= 0.3 is 0 Å². The topological polar surface area (TPSA) is 37.8 Å². The fourth-order valence-corrected chi connectivity index (χ4v) is 2.96. The number of rotatable bonds is 4. The lowest BCUT2D eigenvalue weighted by Gasteiger charge is -2.10. The maximum absolute atomic E-state index is 4.16. The van der Waals surface area contributed by atoms with Crippen LogP contribution in [0.5, 0.6) is 0 Å². The lowest BCUT2D eigenvalue weighted by atomic mass is 10.1. The lowest BCUT2D eigenvalue weighted by molar-refractivity contribution is 0.525. The Morgan fingerprint density at radius 1 is 1.33 bits per heavy atom. The van der Waals surface area contributed by atoms with Crippen molar-refractivity contribution in [1.29, 1.82) is 0 Å². The van der Waals surface area contributed by atoms with Crippen molar-refractivity contribution in [2.45, 2.75) is 52.0 Å². The first kappa shape index (κ1) is 10.9. The van der Waals surface area contributed by atoms with E-state index in [1.54, 1.807) is 11.3 Å². The summed E-state index contributed by atoms with van der Waals surface area (Å²) in [6, 6.07) is 0.632. The van der Waals surface area contributed by atoms with Crippen LogP contribution < -0.4 is 5.32 Å². The van der Waals surface area contributed by atoms with Gasteiger partial charge in [-0.2, -0.15) is 0 Å². The molecule has 3 nitrogen and oxygen atoms in total. The molecule has 2 rings (SSSR count). The van der Waals surface area contributed by atoms with E-state index in [2.05, 4.69) is 29.4 Å². The van der Waals surface area contributed by atoms with E-state index in [0.717, 1.165) is 22.5 Å². The molecule has 1 N–H and O–H groups in total. The summed E-state index contributed by atoms with van der Waals surface area (Å²) in [6.07, 6.45) is 6.26. The molecule has 1 aromatic heterocycles. The average Bonchev–Trinajstić information content (AvgIpc) is 2.87. The first-order valence-corrected chi connectivity index (χ1v) is 6.72.